The standard InChI is InChI=1S/C19H26ClNO4/c1-12-5-4-6-16(14(12)3)21-18(22)10-25-19(23)11-24-17-8-7-15(20)9-13(17)2/h7-9,12,14,16H,4-6,10-11H2,1-3H3,(H,21,22)/t12-,14+,16+/m1/s1. The number of aryl methyl sites for hydroxylation is 1. The molecule has 0 bridgehead atoms. The lowest BCUT2D eigenvalue weighted by atomic mass is 9.78. The minimum atomic E-state index is -0.574. The molecule has 1 N–H and O–H groups in total. The van der Waals surface area contributed by atoms with Crippen molar-refractivity contribution in [1.29, 1.82) is 0 Å². The molecular weight excluding hydrogens is 342 g/mol. The number of nitrogens with one attached hydrogen (secondary N) is 1. The minimum absolute atomic E-state index is 0.155. The molecule has 2 rings (SSSR count). The molecule has 0 radical (unpaired) electrons. The molecule has 0 aliphatic heterocycles. The van der Waals surface area contributed by atoms with E-state index in [0.29, 0.717) is 22.6 Å². The highest BCUT2D eigenvalue weighted by Crippen LogP contribution is 2.29. The van der Waals surface area contributed by atoms with E-state index in [-0.39, 0.29) is 25.2 Å². The van der Waals surface area contributed by atoms with Gasteiger partial charge in [-0.25, -0.2) is 4.79 Å². The second-order valence-electron chi connectivity index (χ2n) is 6.80. The number of carbonyl (C=O) groups is 2. The third kappa shape index (κ3) is 5.92. The van der Waals surface area contributed by atoms with Gasteiger partial charge in [-0.3, -0.25) is 4.79 Å². The Morgan fingerprint density at radius 3 is 2.72 bits per heavy atom. The van der Waals surface area contributed by atoms with Crippen LogP contribution in [-0.4, -0.2) is 31.1 Å². The Bertz CT molecular complexity index is 619. The zero-order chi connectivity index (χ0) is 18.4. The van der Waals surface area contributed by atoms with E-state index in [4.69, 9.17) is 21.1 Å². The average Bonchev–Trinajstić information content (AvgIpc) is 2.56. The molecule has 6 heteroatoms. The van der Waals surface area contributed by atoms with Crippen molar-refractivity contribution >= 4 is 23.5 Å². The highest BCUT2D eigenvalue weighted by atomic mass is 35.5. The van der Waals surface area contributed by atoms with Crippen molar-refractivity contribution in [2.45, 2.75) is 46.1 Å². The van der Waals surface area contributed by atoms with Crippen LogP contribution in [0.2, 0.25) is 5.02 Å². The van der Waals surface area contributed by atoms with Gasteiger partial charge in [-0.2, -0.15) is 0 Å². The van der Waals surface area contributed by atoms with E-state index in [1.165, 1.54) is 6.42 Å². The Balaban J connectivity index is 1.71. The molecule has 25 heavy (non-hydrogen) atoms. The zero-order valence-corrected chi connectivity index (χ0v) is 15.8. The van der Waals surface area contributed by atoms with Crippen molar-refractivity contribution in [3.05, 3.63) is 28.8 Å². The van der Waals surface area contributed by atoms with Crippen LogP contribution >= 0.6 is 11.6 Å². The average molecular weight is 368 g/mol. The van der Waals surface area contributed by atoms with E-state index in [0.717, 1.165) is 18.4 Å². The van der Waals surface area contributed by atoms with Crippen molar-refractivity contribution in [2.75, 3.05) is 13.2 Å². The first-order valence-electron chi connectivity index (χ1n) is 8.70. The molecule has 1 amide bonds. The molecule has 5 nitrogen and oxygen atoms in total. The number of carbonyl (C=O) groups excluding carboxylic acids is 2. The van der Waals surface area contributed by atoms with Crippen molar-refractivity contribution in [2.24, 2.45) is 11.8 Å². The molecule has 1 aromatic carbocycles. The highest BCUT2D eigenvalue weighted by Gasteiger charge is 2.28. The summed E-state index contributed by atoms with van der Waals surface area (Å²) in [5.74, 6) is 0.759. The number of esters is 1. The van der Waals surface area contributed by atoms with E-state index in [1.807, 2.05) is 6.92 Å². The molecule has 1 aliphatic rings. The van der Waals surface area contributed by atoms with Gasteiger partial charge in [0.25, 0.3) is 5.91 Å². The van der Waals surface area contributed by atoms with Crippen molar-refractivity contribution in [1.82, 2.24) is 5.32 Å². The van der Waals surface area contributed by atoms with Crippen LogP contribution in [0, 0.1) is 18.8 Å². The number of rotatable bonds is 6. The first kappa shape index (κ1) is 19.6. The van der Waals surface area contributed by atoms with Gasteiger partial charge >= 0.3 is 5.97 Å². The van der Waals surface area contributed by atoms with Crippen LogP contribution in [0.15, 0.2) is 18.2 Å². The van der Waals surface area contributed by atoms with Crippen LogP contribution in [0.1, 0.15) is 38.7 Å². The summed E-state index contributed by atoms with van der Waals surface area (Å²) in [5.41, 5.74) is 0.832. The largest absolute Gasteiger partial charge is 0.482 e. The third-order valence-electron chi connectivity index (χ3n) is 4.90. The fourth-order valence-electron chi connectivity index (χ4n) is 3.13. The van der Waals surface area contributed by atoms with Crippen LogP contribution in [0.3, 0.4) is 0 Å². The van der Waals surface area contributed by atoms with Crippen molar-refractivity contribution in [3.63, 3.8) is 0 Å². The highest BCUT2D eigenvalue weighted by molar-refractivity contribution is 6.30. The lowest BCUT2D eigenvalue weighted by Crippen LogP contribution is -2.45. The number of halogens is 1. The summed E-state index contributed by atoms with van der Waals surface area (Å²) >= 11 is 5.87. The smallest absolute Gasteiger partial charge is 0.344 e. The van der Waals surface area contributed by atoms with Gasteiger partial charge in [-0.1, -0.05) is 38.3 Å². The Morgan fingerprint density at radius 2 is 2.00 bits per heavy atom. The van der Waals surface area contributed by atoms with Crippen LogP contribution in [0.5, 0.6) is 5.75 Å². The molecule has 0 aromatic heterocycles. The molecule has 1 aromatic rings. The number of ether oxygens (including phenoxy) is 2. The molecule has 138 valence electrons. The predicted octanol–water partition coefficient (Wildman–Crippen LogP) is 3.51. The van der Waals surface area contributed by atoms with Gasteiger partial charge in [0.1, 0.15) is 5.75 Å². The zero-order valence-electron chi connectivity index (χ0n) is 15.0. The summed E-state index contributed by atoms with van der Waals surface area (Å²) in [7, 11) is 0. The Morgan fingerprint density at radius 1 is 1.24 bits per heavy atom. The van der Waals surface area contributed by atoms with Gasteiger partial charge < -0.3 is 14.8 Å². The number of hydrogen-bond donors (Lipinski definition) is 1. The third-order valence-corrected chi connectivity index (χ3v) is 5.14. The quantitative estimate of drug-likeness (QED) is 0.781. The summed E-state index contributed by atoms with van der Waals surface area (Å²) in [4.78, 5) is 23.7. The topological polar surface area (TPSA) is 64.6 Å². The molecule has 1 fully saturated rings. The summed E-state index contributed by atoms with van der Waals surface area (Å²) in [5, 5.41) is 3.58. The number of amides is 1. The van der Waals surface area contributed by atoms with Gasteiger partial charge in [-0.15, -0.1) is 0 Å². The molecule has 0 spiro atoms. The van der Waals surface area contributed by atoms with Crippen LogP contribution in [0.25, 0.3) is 0 Å². The van der Waals surface area contributed by atoms with Crippen LogP contribution < -0.4 is 10.1 Å². The van der Waals surface area contributed by atoms with Gasteiger partial charge in [0.15, 0.2) is 13.2 Å². The normalized spacial score (nSPS) is 23.0. The molecule has 1 saturated carbocycles. The SMILES string of the molecule is Cc1cc(Cl)ccc1OCC(=O)OCC(=O)N[C@H]1CCC[C@@H](C)[C@@H]1C. The van der Waals surface area contributed by atoms with E-state index >= 15 is 0 Å². The number of benzene rings is 1. The van der Waals surface area contributed by atoms with E-state index in [9.17, 15) is 9.59 Å². The second-order valence-corrected chi connectivity index (χ2v) is 7.24. The maximum atomic E-state index is 12.0. The van der Waals surface area contributed by atoms with Gasteiger partial charge in [0, 0.05) is 11.1 Å². The fraction of sp³-hybridized carbons (Fsp3) is 0.579. The fourth-order valence-corrected chi connectivity index (χ4v) is 3.36. The van der Waals surface area contributed by atoms with Crippen molar-refractivity contribution < 1.29 is 19.1 Å². The van der Waals surface area contributed by atoms with Gasteiger partial charge in [-0.05, 0) is 48.9 Å². The number of hydrogen-bond acceptors (Lipinski definition) is 4. The summed E-state index contributed by atoms with van der Waals surface area (Å²) in [6.07, 6.45) is 3.29. The van der Waals surface area contributed by atoms with Crippen LogP contribution in [-0.2, 0) is 14.3 Å². The molecule has 1 aliphatic carbocycles. The second kappa shape index (κ2) is 9.09. The summed E-state index contributed by atoms with van der Waals surface area (Å²) in [6, 6.07) is 5.29. The van der Waals surface area contributed by atoms with E-state index in [1.54, 1.807) is 18.2 Å². The Kier molecular flexibility index (Phi) is 7.12. The van der Waals surface area contributed by atoms with Gasteiger partial charge in [0.05, 0.1) is 0 Å². The predicted molar refractivity (Wildman–Crippen MR) is 96.8 cm³/mol. The molecule has 0 heterocycles. The summed E-state index contributed by atoms with van der Waals surface area (Å²) in [6.45, 7) is 5.68. The lowest BCUT2D eigenvalue weighted by molar-refractivity contribution is -0.150. The first-order valence-corrected chi connectivity index (χ1v) is 9.08. The lowest BCUT2D eigenvalue weighted by Gasteiger charge is -2.34. The summed E-state index contributed by atoms with van der Waals surface area (Å²) < 4.78 is 10.4. The van der Waals surface area contributed by atoms with E-state index < -0.39 is 5.97 Å². The maximum Gasteiger partial charge on any atom is 0.344 e. The van der Waals surface area contributed by atoms with Crippen molar-refractivity contribution in [3.8, 4) is 5.75 Å². The minimum Gasteiger partial charge on any atom is -0.482 e. The Labute approximate surface area is 154 Å². The molecule has 0 unspecified atom stereocenters. The van der Waals surface area contributed by atoms with Gasteiger partial charge in [0.2, 0.25) is 0 Å². The molecule has 0 saturated heterocycles. The van der Waals surface area contributed by atoms with E-state index in [2.05, 4.69) is 19.2 Å². The first-order chi connectivity index (χ1) is 11.9. The van der Waals surface area contributed by atoms with Crippen LogP contribution in [0.4, 0.5) is 0 Å². The monoisotopic (exact) mass is 367 g/mol. The maximum absolute atomic E-state index is 12.0. The molecule has 3 atom stereocenters. The molecular formula is C19H26ClNO4. The Hall–Kier alpha value is -1.75.